The van der Waals surface area contributed by atoms with Gasteiger partial charge >= 0.3 is 0 Å². The number of carbonyl (C=O) groups is 1. The fourth-order valence-electron chi connectivity index (χ4n) is 3.84. The predicted octanol–water partition coefficient (Wildman–Crippen LogP) is 2.74. The SMILES string of the molecule is NCC(=O)N1CCN(c2nc3c4ccc(F)cc4c4cnccc4c3s2)CC1. The summed E-state index contributed by atoms with van der Waals surface area (Å²) in [6, 6.07) is 6.78. The van der Waals surface area contributed by atoms with E-state index in [9.17, 15) is 9.18 Å². The van der Waals surface area contributed by atoms with Crippen LogP contribution in [0.5, 0.6) is 0 Å². The van der Waals surface area contributed by atoms with Gasteiger partial charge in [-0.3, -0.25) is 9.78 Å². The van der Waals surface area contributed by atoms with Crippen LogP contribution in [0.25, 0.3) is 31.8 Å². The Hall–Kier alpha value is -2.84. The van der Waals surface area contributed by atoms with Crippen LogP contribution < -0.4 is 10.6 Å². The van der Waals surface area contributed by atoms with Gasteiger partial charge in [-0.15, -0.1) is 0 Å². The molecule has 0 atom stereocenters. The molecular formula is C20H18FN5OS. The molecule has 0 saturated carbocycles. The highest BCUT2D eigenvalue weighted by atomic mass is 32.1. The third-order valence-corrected chi connectivity index (χ3v) is 6.44. The van der Waals surface area contributed by atoms with Gasteiger partial charge in [-0.2, -0.15) is 0 Å². The minimum atomic E-state index is -0.270. The Labute approximate surface area is 164 Å². The fourth-order valence-corrected chi connectivity index (χ4v) is 5.01. The molecule has 2 N–H and O–H groups in total. The number of anilines is 1. The summed E-state index contributed by atoms with van der Waals surface area (Å²) in [6.07, 6.45) is 3.54. The van der Waals surface area contributed by atoms with Crippen molar-refractivity contribution in [1.82, 2.24) is 14.9 Å². The zero-order valence-corrected chi connectivity index (χ0v) is 15.9. The topological polar surface area (TPSA) is 75.4 Å². The number of pyridine rings is 1. The van der Waals surface area contributed by atoms with Crippen LogP contribution in [0.4, 0.5) is 9.52 Å². The number of aromatic nitrogens is 2. The maximum atomic E-state index is 13.9. The van der Waals surface area contributed by atoms with E-state index in [0.717, 1.165) is 50.0 Å². The molecular weight excluding hydrogens is 377 g/mol. The summed E-state index contributed by atoms with van der Waals surface area (Å²) >= 11 is 1.63. The highest BCUT2D eigenvalue weighted by molar-refractivity contribution is 7.23. The number of nitrogens with zero attached hydrogens (tertiary/aromatic N) is 4. The number of hydrogen-bond donors (Lipinski definition) is 1. The number of amides is 1. The molecule has 1 aliphatic rings. The molecule has 5 rings (SSSR count). The second-order valence-corrected chi connectivity index (χ2v) is 7.83. The second kappa shape index (κ2) is 6.65. The largest absolute Gasteiger partial charge is 0.345 e. The van der Waals surface area contributed by atoms with Crippen molar-refractivity contribution in [3.8, 4) is 0 Å². The summed E-state index contributed by atoms with van der Waals surface area (Å²) in [7, 11) is 0. The molecule has 0 bridgehead atoms. The molecule has 8 heteroatoms. The molecule has 6 nitrogen and oxygen atoms in total. The third kappa shape index (κ3) is 2.68. The Morgan fingerprint density at radius 3 is 2.71 bits per heavy atom. The monoisotopic (exact) mass is 395 g/mol. The molecule has 0 spiro atoms. The van der Waals surface area contributed by atoms with Gasteiger partial charge in [0.2, 0.25) is 5.91 Å². The van der Waals surface area contributed by atoms with Gasteiger partial charge in [0.1, 0.15) is 5.82 Å². The highest BCUT2D eigenvalue weighted by Gasteiger charge is 2.23. The summed E-state index contributed by atoms with van der Waals surface area (Å²) < 4.78 is 15.0. The lowest BCUT2D eigenvalue weighted by Crippen LogP contribution is -2.50. The number of nitrogens with two attached hydrogens (primary N) is 1. The Morgan fingerprint density at radius 1 is 1.11 bits per heavy atom. The summed E-state index contributed by atoms with van der Waals surface area (Å²) in [6.45, 7) is 2.77. The van der Waals surface area contributed by atoms with E-state index in [1.807, 2.05) is 6.07 Å². The van der Waals surface area contributed by atoms with Gasteiger partial charge in [0.25, 0.3) is 0 Å². The van der Waals surface area contributed by atoms with Crippen molar-refractivity contribution in [1.29, 1.82) is 0 Å². The lowest BCUT2D eigenvalue weighted by molar-refractivity contribution is -0.129. The maximum absolute atomic E-state index is 13.9. The number of piperazine rings is 1. The van der Waals surface area contributed by atoms with Crippen molar-refractivity contribution in [2.75, 3.05) is 37.6 Å². The number of fused-ring (bicyclic) bond motifs is 6. The summed E-state index contributed by atoms with van der Waals surface area (Å²) in [4.78, 5) is 24.9. The zero-order chi connectivity index (χ0) is 19.3. The van der Waals surface area contributed by atoms with Gasteiger partial charge in [0, 0.05) is 54.7 Å². The minimum absolute atomic E-state index is 0.0181. The van der Waals surface area contributed by atoms with E-state index in [2.05, 4.69) is 9.88 Å². The molecule has 3 heterocycles. The summed E-state index contributed by atoms with van der Waals surface area (Å²) in [5, 5.41) is 4.63. The maximum Gasteiger partial charge on any atom is 0.236 e. The van der Waals surface area contributed by atoms with E-state index >= 15 is 0 Å². The molecule has 1 saturated heterocycles. The van der Waals surface area contributed by atoms with Crippen LogP contribution >= 0.6 is 11.3 Å². The summed E-state index contributed by atoms with van der Waals surface area (Å²) in [5.74, 6) is -0.288. The average Bonchev–Trinajstić information content (AvgIpc) is 3.19. The van der Waals surface area contributed by atoms with Crippen LogP contribution in [-0.2, 0) is 4.79 Å². The van der Waals surface area contributed by atoms with E-state index in [4.69, 9.17) is 10.7 Å². The van der Waals surface area contributed by atoms with Crippen molar-refractivity contribution in [3.63, 3.8) is 0 Å². The molecule has 2 aromatic carbocycles. The molecule has 0 unspecified atom stereocenters. The Kier molecular flexibility index (Phi) is 4.10. The Morgan fingerprint density at radius 2 is 1.93 bits per heavy atom. The van der Waals surface area contributed by atoms with Gasteiger partial charge in [0.05, 0.1) is 16.8 Å². The molecule has 0 radical (unpaired) electrons. The number of halogens is 1. The molecule has 1 aliphatic heterocycles. The van der Waals surface area contributed by atoms with Crippen molar-refractivity contribution in [2.45, 2.75) is 0 Å². The van der Waals surface area contributed by atoms with Gasteiger partial charge < -0.3 is 15.5 Å². The average molecular weight is 395 g/mol. The number of benzene rings is 2. The first-order valence-electron chi connectivity index (χ1n) is 9.14. The number of thiazole rings is 1. The summed E-state index contributed by atoms with van der Waals surface area (Å²) in [5.41, 5.74) is 6.35. The van der Waals surface area contributed by atoms with Crippen LogP contribution in [-0.4, -0.2) is 53.5 Å². The van der Waals surface area contributed by atoms with Gasteiger partial charge in [-0.25, -0.2) is 9.37 Å². The van der Waals surface area contributed by atoms with E-state index < -0.39 is 0 Å². The van der Waals surface area contributed by atoms with Crippen LogP contribution in [0.3, 0.4) is 0 Å². The fraction of sp³-hybridized carbons (Fsp3) is 0.250. The lowest BCUT2D eigenvalue weighted by atomic mass is 10.0. The standard InChI is InChI=1S/C20H18FN5OS/c21-12-1-2-13-15(9-12)16-11-23-4-3-14(16)19-18(13)24-20(28-19)26-7-5-25(6-8-26)17(27)10-22/h1-4,9,11H,5-8,10,22H2. The van der Waals surface area contributed by atoms with Gasteiger partial charge in [-0.05, 0) is 29.7 Å². The molecule has 2 aromatic heterocycles. The van der Waals surface area contributed by atoms with Crippen LogP contribution in [0, 0.1) is 5.82 Å². The first-order chi connectivity index (χ1) is 13.7. The second-order valence-electron chi connectivity index (χ2n) is 6.86. The Bertz CT molecular complexity index is 1220. The lowest BCUT2D eigenvalue weighted by Gasteiger charge is -2.34. The molecule has 28 heavy (non-hydrogen) atoms. The van der Waals surface area contributed by atoms with Gasteiger partial charge in [-0.1, -0.05) is 11.3 Å². The first kappa shape index (κ1) is 17.3. The molecule has 4 aromatic rings. The minimum Gasteiger partial charge on any atom is -0.345 e. The zero-order valence-electron chi connectivity index (χ0n) is 15.1. The van der Waals surface area contributed by atoms with Crippen LogP contribution in [0.2, 0.25) is 0 Å². The van der Waals surface area contributed by atoms with Gasteiger partial charge in [0.15, 0.2) is 5.13 Å². The first-order valence-corrected chi connectivity index (χ1v) is 9.95. The Balaban J connectivity index is 1.63. The van der Waals surface area contributed by atoms with E-state index in [0.29, 0.717) is 13.1 Å². The number of rotatable bonds is 2. The number of carbonyl (C=O) groups excluding carboxylic acids is 1. The number of hydrogen-bond acceptors (Lipinski definition) is 6. The van der Waals surface area contributed by atoms with E-state index in [1.165, 1.54) is 6.07 Å². The predicted molar refractivity (Wildman–Crippen MR) is 110 cm³/mol. The molecule has 0 aliphatic carbocycles. The van der Waals surface area contributed by atoms with Crippen molar-refractivity contribution in [3.05, 3.63) is 42.5 Å². The van der Waals surface area contributed by atoms with E-state index in [1.54, 1.807) is 40.8 Å². The van der Waals surface area contributed by atoms with Crippen molar-refractivity contribution >= 4 is 54.1 Å². The van der Waals surface area contributed by atoms with Crippen molar-refractivity contribution < 1.29 is 9.18 Å². The van der Waals surface area contributed by atoms with Crippen LogP contribution in [0.1, 0.15) is 0 Å². The quantitative estimate of drug-likeness (QED) is 0.528. The normalized spacial score (nSPS) is 15.1. The molecule has 1 amide bonds. The smallest absolute Gasteiger partial charge is 0.236 e. The highest BCUT2D eigenvalue weighted by Crippen LogP contribution is 2.40. The van der Waals surface area contributed by atoms with Crippen LogP contribution in [0.15, 0.2) is 36.7 Å². The van der Waals surface area contributed by atoms with E-state index in [-0.39, 0.29) is 18.3 Å². The van der Waals surface area contributed by atoms with Crippen molar-refractivity contribution in [2.24, 2.45) is 5.73 Å². The third-order valence-electron chi connectivity index (χ3n) is 5.29. The molecule has 1 fully saturated rings. The molecule has 142 valence electrons.